The number of methoxy groups -OCH3 is 1. The lowest BCUT2D eigenvalue weighted by Crippen LogP contribution is -2.47. The van der Waals surface area contributed by atoms with E-state index >= 15 is 0 Å². The molecule has 28 heavy (non-hydrogen) atoms. The average molecular weight is 392 g/mol. The van der Waals surface area contributed by atoms with Gasteiger partial charge >= 0.3 is 0 Å². The summed E-state index contributed by atoms with van der Waals surface area (Å²) in [4.78, 5) is 26.3. The molecule has 1 aromatic rings. The van der Waals surface area contributed by atoms with Gasteiger partial charge in [-0.1, -0.05) is 26.0 Å². The number of amides is 2. The minimum absolute atomic E-state index is 0.0634. The Morgan fingerprint density at radius 2 is 2.00 bits per heavy atom. The molecule has 1 saturated heterocycles. The number of likely N-dealkylation sites (tertiary alicyclic amines) is 1. The van der Waals surface area contributed by atoms with Crippen LogP contribution in [0.15, 0.2) is 24.3 Å². The Kier molecular flexibility index (Phi) is 8.73. The number of benzene rings is 1. The number of piperidine rings is 1. The fourth-order valence-electron chi connectivity index (χ4n) is 3.21. The number of aliphatic hydroxyl groups is 1. The fourth-order valence-corrected chi connectivity index (χ4v) is 3.21. The summed E-state index contributed by atoms with van der Waals surface area (Å²) < 4.78 is 10.6. The van der Waals surface area contributed by atoms with Crippen LogP contribution in [0.1, 0.15) is 32.3 Å². The highest BCUT2D eigenvalue weighted by atomic mass is 16.5. The molecule has 1 heterocycles. The van der Waals surface area contributed by atoms with E-state index < -0.39 is 6.10 Å². The highest BCUT2D eigenvalue weighted by Gasteiger charge is 2.29. The van der Waals surface area contributed by atoms with E-state index in [4.69, 9.17) is 9.47 Å². The average Bonchev–Trinajstić information content (AvgIpc) is 2.72. The Morgan fingerprint density at radius 3 is 2.64 bits per heavy atom. The second-order valence-corrected chi connectivity index (χ2v) is 7.54. The van der Waals surface area contributed by atoms with Gasteiger partial charge in [0.1, 0.15) is 5.75 Å². The van der Waals surface area contributed by atoms with E-state index in [1.165, 1.54) is 0 Å². The molecule has 0 saturated carbocycles. The maximum absolute atomic E-state index is 12.4. The largest absolute Gasteiger partial charge is 0.497 e. The van der Waals surface area contributed by atoms with Gasteiger partial charge in [0.05, 0.1) is 32.3 Å². The van der Waals surface area contributed by atoms with E-state index in [-0.39, 0.29) is 36.8 Å². The van der Waals surface area contributed by atoms with Crippen molar-refractivity contribution in [3.8, 4) is 5.75 Å². The Labute approximate surface area is 167 Å². The topological polar surface area (TPSA) is 88.1 Å². The van der Waals surface area contributed by atoms with Crippen molar-refractivity contribution in [3.63, 3.8) is 0 Å². The number of ether oxygens (including phenoxy) is 2. The van der Waals surface area contributed by atoms with Crippen LogP contribution in [0, 0.1) is 11.8 Å². The third-order valence-electron chi connectivity index (χ3n) is 4.85. The smallest absolute Gasteiger partial charge is 0.225 e. The maximum atomic E-state index is 12.4. The highest BCUT2D eigenvalue weighted by Crippen LogP contribution is 2.18. The van der Waals surface area contributed by atoms with Gasteiger partial charge in [-0.15, -0.1) is 0 Å². The normalized spacial score (nSPS) is 18.0. The molecule has 7 heteroatoms. The van der Waals surface area contributed by atoms with Crippen LogP contribution in [0.4, 0.5) is 0 Å². The third kappa shape index (κ3) is 6.80. The van der Waals surface area contributed by atoms with Crippen molar-refractivity contribution in [1.82, 2.24) is 10.2 Å². The molecule has 2 rings (SSSR count). The quantitative estimate of drug-likeness (QED) is 0.666. The van der Waals surface area contributed by atoms with Crippen LogP contribution in [0.5, 0.6) is 5.75 Å². The first kappa shape index (κ1) is 22.2. The molecule has 2 N–H and O–H groups in total. The Balaban J connectivity index is 1.67. The summed E-state index contributed by atoms with van der Waals surface area (Å²) in [6.07, 6.45) is 0.807. The van der Waals surface area contributed by atoms with Crippen molar-refractivity contribution in [3.05, 3.63) is 29.8 Å². The van der Waals surface area contributed by atoms with Crippen molar-refractivity contribution in [2.24, 2.45) is 11.8 Å². The molecule has 1 aliphatic rings. The first-order valence-electron chi connectivity index (χ1n) is 9.86. The lowest BCUT2D eigenvalue weighted by Gasteiger charge is -2.33. The zero-order valence-electron chi connectivity index (χ0n) is 17.0. The van der Waals surface area contributed by atoms with Gasteiger partial charge in [0.2, 0.25) is 11.8 Å². The van der Waals surface area contributed by atoms with Crippen molar-refractivity contribution in [2.45, 2.75) is 39.4 Å². The molecule has 1 aromatic carbocycles. The van der Waals surface area contributed by atoms with Crippen molar-refractivity contribution < 1.29 is 24.2 Å². The zero-order valence-corrected chi connectivity index (χ0v) is 17.0. The number of carbonyl (C=O) groups excluding carboxylic acids is 2. The van der Waals surface area contributed by atoms with E-state index in [2.05, 4.69) is 5.32 Å². The number of aliphatic hydroxyl groups excluding tert-OH is 1. The predicted molar refractivity (Wildman–Crippen MR) is 106 cm³/mol. The molecule has 1 aliphatic heterocycles. The van der Waals surface area contributed by atoms with Gasteiger partial charge in [0, 0.05) is 25.6 Å². The second-order valence-electron chi connectivity index (χ2n) is 7.54. The maximum Gasteiger partial charge on any atom is 0.225 e. The summed E-state index contributed by atoms with van der Waals surface area (Å²) in [5.41, 5.74) is 0.981. The van der Waals surface area contributed by atoms with Gasteiger partial charge in [0.15, 0.2) is 0 Å². The molecule has 2 amide bonds. The first-order valence-corrected chi connectivity index (χ1v) is 9.86. The molecule has 0 radical (unpaired) electrons. The van der Waals surface area contributed by atoms with Gasteiger partial charge in [-0.05, 0) is 30.5 Å². The Hall–Kier alpha value is -2.12. The minimum atomic E-state index is -0.779. The monoisotopic (exact) mass is 392 g/mol. The molecular weight excluding hydrogens is 360 g/mol. The molecule has 7 nitrogen and oxygen atoms in total. The lowest BCUT2D eigenvalue weighted by molar-refractivity contribution is -0.138. The molecule has 156 valence electrons. The standard InChI is InChI=1S/C21H32N2O5/c1-15(2)21(26)23-10-4-5-17(12-23)20(25)22-11-18(24)14-28-13-16-6-8-19(27-3)9-7-16/h6-9,15,17-18,24H,4-5,10-14H2,1-3H3,(H,22,25). The summed E-state index contributed by atoms with van der Waals surface area (Å²) in [6, 6.07) is 7.51. The van der Waals surface area contributed by atoms with Crippen LogP contribution in [-0.4, -0.2) is 61.3 Å². The summed E-state index contributed by atoms with van der Waals surface area (Å²) in [6.45, 7) is 5.55. The molecule has 1 fully saturated rings. The van der Waals surface area contributed by atoms with Gasteiger partial charge in [-0.2, -0.15) is 0 Å². The summed E-state index contributed by atoms with van der Waals surface area (Å²) >= 11 is 0. The van der Waals surface area contributed by atoms with Crippen molar-refractivity contribution in [2.75, 3.05) is 33.4 Å². The summed E-state index contributed by atoms with van der Waals surface area (Å²) in [7, 11) is 1.61. The van der Waals surface area contributed by atoms with Crippen LogP contribution in [0.2, 0.25) is 0 Å². The SMILES string of the molecule is COc1ccc(COCC(O)CNC(=O)C2CCCN(C(=O)C(C)C)C2)cc1. The van der Waals surface area contributed by atoms with Crippen molar-refractivity contribution in [1.29, 1.82) is 0 Å². The second kappa shape index (κ2) is 11.0. The summed E-state index contributed by atoms with van der Waals surface area (Å²) in [5, 5.41) is 12.8. The van der Waals surface area contributed by atoms with Crippen LogP contribution in [0.25, 0.3) is 0 Å². The van der Waals surface area contributed by atoms with Gasteiger partial charge < -0.3 is 24.8 Å². The molecule has 0 aromatic heterocycles. The minimum Gasteiger partial charge on any atom is -0.497 e. The zero-order chi connectivity index (χ0) is 20.5. The van der Waals surface area contributed by atoms with Crippen LogP contribution < -0.4 is 10.1 Å². The van der Waals surface area contributed by atoms with E-state index in [0.29, 0.717) is 19.7 Å². The molecule has 0 bridgehead atoms. The van der Waals surface area contributed by atoms with Gasteiger partial charge in [-0.3, -0.25) is 9.59 Å². The van der Waals surface area contributed by atoms with E-state index in [1.807, 2.05) is 38.1 Å². The van der Waals surface area contributed by atoms with Gasteiger partial charge in [-0.25, -0.2) is 0 Å². The van der Waals surface area contributed by atoms with E-state index in [9.17, 15) is 14.7 Å². The van der Waals surface area contributed by atoms with E-state index in [1.54, 1.807) is 12.0 Å². The van der Waals surface area contributed by atoms with Crippen LogP contribution >= 0.6 is 0 Å². The number of nitrogens with zero attached hydrogens (tertiary/aromatic N) is 1. The van der Waals surface area contributed by atoms with Crippen LogP contribution in [-0.2, 0) is 20.9 Å². The highest BCUT2D eigenvalue weighted by molar-refractivity contribution is 5.82. The molecule has 2 atom stereocenters. The molecule has 0 spiro atoms. The first-order chi connectivity index (χ1) is 13.4. The molecular formula is C21H32N2O5. The van der Waals surface area contributed by atoms with Gasteiger partial charge in [0.25, 0.3) is 0 Å². The molecule has 0 aliphatic carbocycles. The summed E-state index contributed by atoms with van der Waals surface area (Å²) in [5.74, 6) is 0.471. The Morgan fingerprint density at radius 1 is 1.29 bits per heavy atom. The number of hydrogen-bond donors (Lipinski definition) is 2. The number of rotatable bonds is 9. The van der Waals surface area contributed by atoms with E-state index in [0.717, 1.165) is 24.2 Å². The number of carbonyl (C=O) groups is 2. The fraction of sp³-hybridized carbons (Fsp3) is 0.619. The predicted octanol–water partition coefficient (Wildman–Crippen LogP) is 1.58. The van der Waals surface area contributed by atoms with Crippen molar-refractivity contribution >= 4 is 11.8 Å². The number of nitrogens with one attached hydrogen (secondary N) is 1. The van der Waals surface area contributed by atoms with Crippen LogP contribution in [0.3, 0.4) is 0 Å². The Bertz CT molecular complexity index is 632. The lowest BCUT2D eigenvalue weighted by atomic mass is 9.96. The third-order valence-corrected chi connectivity index (χ3v) is 4.85. The number of hydrogen-bond acceptors (Lipinski definition) is 5. The molecule has 2 unspecified atom stereocenters.